The highest BCUT2D eigenvalue weighted by Crippen LogP contribution is 2.17. The highest BCUT2D eigenvalue weighted by atomic mass is 32.1. The molecule has 0 fully saturated rings. The normalized spacial score (nSPS) is 10.4. The van der Waals surface area contributed by atoms with Gasteiger partial charge in [-0.2, -0.15) is 0 Å². The molecule has 1 aromatic carbocycles. The first-order chi connectivity index (χ1) is 9.72. The van der Waals surface area contributed by atoms with E-state index in [1.165, 1.54) is 0 Å². The summed E-state index contributed by atoms with van der Waals surface area (Å²) in [5, 5.41) is 0. The number of hydrogen-bond donors (Lipinski definition) is 1. The molecule has 0 saturated heterocycles. The van der Waals surface area contributed by atoms with Gasteiger partial charge in [0, 0.05) is 18.8 Å². The highest BCUT2D eigenvalue weighted by molar-refractivity contribution is 7.80. The molecular weight excluding hydrogens is 270 g/mol. The van der Waals surface area contributed by atoms with Gasteiger partial charge in [-0.1, -0.05) is 31.3 Å². The smallest absolute Gasteiger partial charge is 0.129 e. The van der Waals surface area contributed by atoms with Gasteiger partial charge < -0.3 is 15.0 Å². The predicted molar refractivity (Wildman–Crippen MR) is 84.0 cm³/mol. The van der Waals surface area contributed by atoms with Crippen molar-refractivity contribution in [3.63, 3.8) is 0 Å². The molecule has 0 unspecified atom stereocenters. The van der Waals surface area contributed by atoms with Crippen molar-refractivity contribution in [3.05, 3.63) is 48.0 Å². The van der Waals surface area contributed by atoms with Crippen molar-refractivity contribution in [1.29, 1.82) is 0 Å². The quantitative estimate of drug-likeness (QED) is 0.796. The number of aromatic nitrogens is 2. The van der Waals surface area contributed by atoms with Gasteiger partial charge in [-0.15, -0.1) is 0 Å². The van der Waals surface area contributed by atoms with Gasteiger partial charge in [0.15, 0.2) is 0 Å². The monoisotopic (exact) mass is 289 g/mol. The van der Waals surface area contributed by atoms with Gasteiger partial charge in [0.2, 0.25) is 0 Å². The lowest BCUT2D eigenvalue weighted by Crippen LogP contribution is -2.14. The number of thiocarbonyl (C=S) groups is 1. The Morgan fingerprint density at radius 3 is 2.95 bits per heavy atom. The number of imidazole rings is 1. The van der Waals surface area contributed by atoms with Crippen LogP contribution in [0.4, 0.5) is 0 Å². The van der Waals surface area contributed by atoms with E-state index in [9.17, 15) is 0 Å². The van der Waals surface area contributed by atoms with Crippen molar-refractivity contribution in [2.24, 2.45) is 5.73 Å². The van der Waals surface area contributed by atoms with Crippen LogP contribution in [0.5, 0.6) is 5.75 Å². The minimum atomic E-state index is 0.356. The minimum absolute atomic E-state index is 0.356. The fourth-order valence-electron chi connectivity index (χ4n) is 2.05. The van der Waals surface area contributed by atoms with Crippen LogP contribution < -0.4 is 10.5 Å². The Kier molecular flexibility index (Phi) is 5.12. The van der Waals surface area contributed by atoms with Crippen LogP contribution in [0.3, 0.4) is 0 Å². The van der Waals surface area contributed by atoms with Crippen molar-refractivity contribution in [1.82, 2.24) is 9.55 Å². The van der Waals surface area contributed by atoms with Crippen molar-refractivity contribution < 1.29 is 4.74 Å². The molecule has 0 spiro atoms. The van der Waals surface area contributed by atoms with E-state index in [1.807, 2.05) is 36.7 Å². The van der Waals surface area contributed by atoms with Crippen LogP contribution in [0, 0.1) is 0 Å². The molecule has 0 radical (unpaired) electrons. The first kappa shape index (κ1) is 14.5. The van der Waals surface area contributed by atoms with E-state index in [2.05, 4.69) is 16.5 Å². The van der Waals surface area contributed by atoms with Gasteiger partial charge in [0.05, 0.1) is 12.1 Å². The molecule has 2 aromatic rings. The van der Waals surface area contributed by atoms with Crippen LogP contribution in [0.1, 0.15) is 24.7 Å². The molecule has 2 rings (SSSR count). The van der Waals surface area contributed by atoms with Crippen molar-refractivity contribution >= 4 is 17.2 Å². The second-order valence-electron chi connectivity index (χ2n) is 4.50. The molecule has 0 aliphatic rings. The second kappa shape index (κ2) is 7.05. The zero-order valence-electron chi connectivity index (χ0n) is 11.6. The Labute approximate surface area is 124 Å². The predicted octanol–water partition coefficient (Wildman–Crippen LogP) is 2.55. The fourth-order valence-corrected chi connectivity index (χ4v) is 2.21. The van der Waals surface area contributed by atoms with Crippen molar-refractivity contribution in [3.8, 4) is 5.75 Å². The van der Waals surface area contributed by atoms with Gasteiger partial charge in [0.25, 0.3) is 0 Å². The molecule has 0 bridgehead atoms. The first-order valence-corrected chi connectivity index (χ1v) is 7.15. The standard InChI is InChI=1S/C15H19N3OS/c1-2-5-14-17-8-9-18(14)10-11-19-13-7-4-3-6-12(13)15(16)20/h3-4,6-9H,2,5,10-11H2,1H3,(H2,16,20). The van der Waals surface area contributed by atoms with Gasteiger partial charge in [-0.25, -0.2) is 4.98 Å². The van der Waals surface area contributed by atoms with Gasteiger partial charge >= 0.3 is 0 Å². The number of hydrogen-bond acceptors (Lipinski definition) is 3. The molecule has 5 heteroatoms. The molecule has 0 amide bonds. The summed E-state index contributed by atoms with van der Waals surface area (Å²) >= 11 is 5.02. The summed E-state index contributed by atoms with van der Waals surface area (Å²) in [5.41, 5.74) is 6.46. The zero-order chi connectivity index (χ0) is 14.4. The summed E-state index contributed by atoms with van der Waals surface area (Å²) < 4.78 is 7.91. The first-order valence-electron chi connectivity index (χ1n) is 6.74. The summed E-state index contributed by atoms with van der Waals surface area (Å²) in [6, 6.07) is 7.57. The number of benzene rings is 1. The van der Waals surface area contributed by atoms with E-state index in [-0.39, 0.29) is 0 Å². The zero-order valence-corrected chi connectivity index (χ0v) is 12.4. The highest BCUT2D eigenvalue weighted by Gasteiger charge is 2.06. The van der Waals surface area contributed by atoms with Crippen LogP contribution >= 0.6 is 12.2 Å². The van der Waals surface area contributed by atoms with Crippen LogP contribution in [-0.4, -0.2) is 21.1 Å². The SMILES string of the molecule is CCCc1nccn1CCOc1ccccc1C(N)=S. The molecule has 0 saturated carbocycles. The van der Waals surface area contributed by atoms with Gasteiger partial charge in [-0.3, -0.25) is 0 Å². The third kappa shape index (κ3) is 3.57. The lowest BCUT2D eigenvalue weighted by atomic mass is 10.2. The molecule has 4 nitrogen and oxygen atoms in total. The van der Waals surface area contributed by atoms with Crippen LogP contribution in [0.15, 0.2) is 36.7 Å². The van der Waals surface area contributed by atoms with E-state index >= 15 is 0 Å². The number of nitrogens with two attached hydrogens (primary N) is 1. The minimum Gasteiger partial charge on any atom is -0.491 e. The van der Waals surface area contributed by atoms with Crippen LogP contribution in [0.2, 0.25) is 0 Å². The summed E-state index contributed by atoms with van der Waals surface area (Å²) in [7, 11) is 0. The van der Waals surface area contributed by atoms with Crippen LogP contribution in [0.25, 0.3) is 0 Å². The number of para-hydroxylation sites is 1. The number of ether oxygens (including phenoxy) is 1. The molecule has 0 aliphatic heterocycles. The maximum absolute atomic E-state index is 5.79. The third-order valence-corrected chi connectivity index (χ3v) is 3.24. The summed E-state index contributed by atoms with van der Waals surface area (Å²) in [6.45, 7) is 3.47. The maximum atomic E-state index is 5.79. The largest absolute Gasteiger partial charge is 0.491 e. The summed E-state index contributed by atoms with van der Waals surface area (Å²) in [6.07, 6.45) is 5.88. The average molecular weight is 289 g/mol. The molecule has 2 N–H and O–H groups in total. The van der Waals surface area contributed by atoms with E-state index in [0.717, 1.165) is 36.5 Å². The molecule has 1 aromatic heterocycles. The lowest BCUT2D eigenvalue weighted by molar-refractivity contribution is 0.296. The van der Waals surface area contributed by atoms with E-state index in [0.29, 0.717) is 11.6 Å². The fraction of sp³-hybridized carbons (Fsp3) is 0.333. The summed E-state index contributed by atoms with van der Waals surface area (Å²) in [4.78, 5) is 4.70. The van der Waals surface area contributed by atoms with Gasteiger partial charge in [-0.05, 0) is 18.6 Å². The maximum Gasteiger partial charge on any atom is 0.129 e. The Bertz CT molecular complexity index is 580. The van der Waals surface area contributed by atoms with E-state index in [1.54, 1.807) is 0 Å². The topological polar surface area (TPSA) is 53.1 Å². The third-order valence-electron chi connectivity index (χ3n) is 3.02. The Balaban J connectivity index is 1.96. The number of nitrogens with zero attached hydrogens (tertiary/aromatic N) is 2. The van der Waals surface area contributed by atoms with Crippen molar-refractivity contribution in [2.45, 2.75) is 26.3 Å². The lowest BCUT2D eigenvalue weighted by Gasteiger charge is -2.12. The Hall–Kier alpha value is -1.88. The molecule has 20 heavy (non-hydrogen) atoms. The number of rotatable bonds is 7. The molecular formula is C15H19N3OS. The van der Waals surface area contributed by atoms with Crippen LogP contribution in [-0.2, 0) is 13.0 Å². The second-order valence-corrected chi connectivity index (χ2v) is 4.94. The summed E-state index contributed by atoms with van der Waals surface area (Å²) in [5.74, 6) is 1.83. The van der Waals surface area contributed by atoms with Crippen molar-refractivity contribution in [2.75, 3.05) is 6.61 Å². The average Bonchev–Trinajstić information content (AvgIpc) is 2.87. The van der Waals surface area contributed by atoms with E-state index < -0.39 is 0 Å². The number of aryl methyl sites for hydroxylation is 1. The molecule has 0 aliphatic carbocycles. The molecule has 0 atom stereocenters. The Morgan fingerprint density at radius 1 is 1.40 bits per heavy atom. The van der Waals surface area contributed by atoms with E-state index in [4.69, 9.17) is 22.7 Å². The molecule has 106 valence electrons. The van der Waals surface area contributed by atoms with Gasteiger partial charge in [0.1, 0.15) is 23.2 Å². The molecule has 1 heterocycles. The Morgan fingerprint density at radius 2 is 2.20 bits per heavy atom.